The summed E-state index contributed by atoms with van der Waals surface area (Å²) in [5.41, 5.74) is 5.92. The number of aromatic nitrogens is 3. The van der Waals surface area contributed by atoms with Crippen LogP contribution in [-0.2, 0) is 6.42 Å². The third kappa shape index (κ3) is 2.34. The van der Waals surface area contributed by atoms with Gasteiger partial charge in [0.05, 0.1) is 5.56 Å². The number of nitrogens with two attached hydrogens (primary N) is 1. The molecule has 0 atom stereocenters. The molecule has 0 aliphatic heterocycles. The molecule has 0 saturated carbocycles. The molecule has 6 heteroatoms. The van der Waals surface area contributed by atoms with Gasteiger partial charge in [-0.15, -0.1) is 0 Å². The Morgan fingerprint density at radius 3 is 3.00 bits per heavy atom. The van der Waals surface area contributed by atoms with E-state index >= 15 is 0 Å². The molecule has 0 bridgehead atoms. The van der Waals surface area contributed by atoms with Crippen molar-refractivity contribution in [2.24, 2.45) is 5.73 Å². The molecule has 6 nitrogen and oxygen atoms in total. The highest BCUT2D eigenvalue weighted by atomic mass is 16.5. The van der Waals surface area contributed by atoms with E-state index in [-0.39, 0.29) is 5.56 Å². The third-order valence-corrected chi connectivity index (χ3v) is 2.10. The maximum Gasteiger partial charge on any atom is 0.259 e. The second-order valence-electron chi connectivity index (χ2n) is 3.35. The highest BCUT2D eigenvalue weighted by Crippen LogP contribution is 2.14. The lowest BCUT2D eigenvalue weighted by Gasteiger charge is -1.91. The van der Waals surface area contributed by atoms with Crippen molar-refractivity contribution in [2.45, 2.75) is 12.8 Å². The van der Waals surface area contributed by atoms with Crippen LogP contribution < -0.4 is 11.3 Å². The summed E-state index contributed by atoms with van der Waals surface area (Å²) in [6, 6.07) is 3.05. The maximum absolute atomic E-state index is 10.9. The Bertz CT molecular complexity index is 497. The molecule has 84 valence electrons. The molecule has 0 aliphatic carbocycles. The Balaban J connectivity index is 2.18. The van der Waals surface area contributed by atoms with E-state index in [0.717, 1.165) is 6.42 Å². The summed E-state index contributed by atoms with van der Waals surface area (Å²) in [6.07, 6.45) is 3.07. The molecule has 16 heavy (non-hydrogen) atoms. The molecule has 2 rings (SSSR count). The van der Waals surface area contributed by atoms with Crippen molar-refractivity contribution in [3.05, 3.63) is 34.5 Å². The summed E-state index contributed by atoms with van der Waals surface area (Å²) < 4.78 is 5.06. The molecule has 0 aromatic carbocycles. The molecule has 0 unspecified atom stereocenters. The molecule has 2 aromatic heterocycles. The lowest BCUT2D eigenvalue weighted by Crippen LogP contribution is -2.02. The van der Waals surface area contributed by atoms with Crippen LogP contribution in [0.4, 0.5) is 0 Å². The second kappa shape index (κ2) is 4.71. The zero-order chi connectivity index (χ0) is 11.4. The summed E-state index contributed by atoms with van der Waals surface area (Å²) in [7, 11) is 0. The predicted octanol–water partition coefficient (Wildman–Crippen LogP) is 0.316. The van der Waals surface area contributed by atoms with Crippen LogP contribution in [0.3, 0.4) is 0 Å². The highest BCUT2D eigenvalue weighted by molar-refractivity contribution is 5.50. The molecular weight excluding hydrogens is 208 g/mol. The van der Waals surface area contributed by atoms with Gasteiger partial charge in [0.15, 0.2) is 5.82 Å². The van der Waals surface area contributed by atoms with Gasteiger partial charge < -0.3 is 15.2 Å². The molecular formula is C10H12N4O2. The average Bonchev–Trinajstić information content (AvgIpc) is 2.76. The van der Waals surface area contributed by atoms with Gasteiger partial charge in [-0.3, -0.25) is 4.79 Å². The molecule has 0 fully saturated rings. The van der Waals surface area contributed by atoms with Gasteiger partial charge in [0.25, 0.3) is 5.89 Å². The van der Waals surface area contributed by atoms with E-state index in [4.69, 9.17) is 10.3 Å². The number of aromatic amines is 1. The predicted molar refractivity (Wildman–Crippen MR) is 57.7 cm³/mol. The first-order chi connectivity index (χ1) is 7.79. The van der Waals surface area contributed by atoms with E-state index in [1.54, 1.807) is 12.3 Å². The van der Waals surface area contributed by atoms with Crippen molar-refractivity contribution < 1.29 is 4.52 Å². The standard InChI is InChI=1S/C10H12N4O2/c11-5-1-2-8-13-10(16-14-8)7-3-4-9(15)12-6-7/h3-4,6H,1-2,5,11H2,(H,12,15). The van der Waals surface area contributed by atoms with Crippen LogP contribution in [0.1, 0.15) is 12.2 Å². The summed E-state index contributed by atoms with van der Waals surface area (Å²) in [5, 5.41) is 3.82. The zero-order valence-corrected chi connectivity index (χ0v) is 8.64. The molecule has 0 spiro atoms. The summed E-state index contributed by atoms with van der Waals surface area (Å²) in [5.74, 6) is 1.04. The average molecular weight is 220 g/mol. The highest BCUT2D eigenvalue weighted by Gasteiger charge is 2.07. The first-order valence-corrected chi connectivity index (χ1v) is 5.01. The van der Waals surface area contributed by atoms with Gasteiger partial charge in [0.1, 0.15) is 0 Å². The fraction of sp³-hybridized carbons (Fsp3) is 0.300. The minimum atomic E-state index is -0.161. The normalized spacial score (nSPS) is 10.6. The van der Waals surface area contributed by atoms with E-state index in [0.29, 0.717) is 30.2 Å². The number of pyridine rings is 1. The van der Waals surface area contributed by atoms with Crippen molar-refractivity contribution in [1.29, 1.82) is 0 Å². The maximum atomic E-state index is 10.9. The van der Waals surface area contributed by atoms with E-state index in [9.17, 15) is 4.79 Å². The van der Waals surface area contributed by atoms with E-state index in [2.05, 4.69) is 15.1 Å². The van der Waals surface area contributed by atoms with Crippen molar-refractivity contribution in [3.8, 4) is 11.5 Å². The van der Waals surface area contributed by atoms with Crippen molar-refractivity contribution >= 4 is 0 Å². The third-order valence-electron chi connectivity index (χ3n) is 2.10. The molecule has 0 aliphatic rings. The minimum absolute atomic E-state index is 0.161. The topological polar surface area (TPSA) is 97.8 Å². The van der Waals surface area contributed by atoms with Crippen LogP contribution in [0, 0.1) is 0 Å². The van der Waals surface area contributed by atoms with Gasteiger partial charge >= 0.3 is 0 Å². The molecule has 3 N–H and O–H groups in total. The minimum Gasteiger partial charge on any atom is -0.334 e. The van der Waals surface area contributed by atoms with Crippen LogP contribution >= 0.6 is 0 Å². The molecule has 0 amide bonds. The number of nitrogens with one attached hydrogen (secondary N) is 1. The van der Waals surface area contributed by atoms with Crippen LogP contribution in [0.5, 0.6) is 0 Å². The van der Waals surface area contributed by atoms with Gasteiger partial charge in [0.2, 0.25) is 5.56 Å². The lowest BCUT2D eigenvalue weighted by molar-refractivity contribution is 0.421. The van der Waals surface area contributed by atoms with Gasteiger partial charge in [-0.2, -0.15) is 4.98 Å². The van der Waals surface area contributed by atoms with Gasteiger partial charge in [-0.1, -0.05) is 5.16 Å². The summed E-state index contributed by atoms with van der Waals surface area (Å²) in [6.45, 7) is 0.600. The van der Waals surface area contributed by atoms with Crippen molar-refractivity contribution in [2.75, 3.05) is 6.54 Å². The van der Waals surface area contributed by atoms with Gasteiger partial charge in [0, 0.05) is 18.7 Å². The van der Waals surface area contributed by atoms with E-state index in [1.165, 1.54) is 6.07 Å². The molecule has 0 saturated heterocycles. The first-order valence-electron chi connectivity index (χ1n) is 5.01. The van der Waals surface area contributed by atoms with Crippen LogP contribution in [0.15, 0.2) is 27.6 Å². The van der Waals surface area contributed by atoms with Gasteiger partial charge in [-0.05, 0) is 19.0 Å². The Morgan fingerprint density at radius 2 is 2.31 bits per heavy atom. The van der Waals surface area contributed by atoms with Crippen LogP contribution in [0.2, 0.25) is 0 Å². The Kier molecular flexibility index (Phi) is 3.11. The van der Waals surface area contributed by atoms with E-state index < -0.39 is 0 Å². The van der Waals surface area contributed by atoms with Crippen LogP contribution in [0.25, 0.3) is 11.5 Å². The molecule has 2 aromatic rings. The smallest absolute Gasteiger partial charge is 0.259 e. The van der Waals surface area contributed by atoms with Crippen molar-refractivity contribution in [3.63, 3.8) is 0 Å². The second-order valence-corrected chi connectivity index (χ2v) is 3.35. The number of H-pyrrole nitrogens is 1. The molecule has 2 heterocycles. The number of nitrogens with zero attached hydrogens (tertiary/aromatic N) is 2. The monoisotopic (exact) mass is 220 g/mol. The number of aryl methyl sites for hydroxylation is 1. The zero-order valence-electron chi connectivity index (χ0n) is 8.64. The fourth-order valence-electron chi connectivity index (χ4n) is 1.28. The Labute approximate surface area is 91.5 Å². The van der Waals surface area contributed by atoms with Crippen LogP contribution in [-0.4, -0.2) is 21.7 Å². The first kappa shape index (κ1) is 10.6. The molecule has 0 radical (unpaired) electrons. The summed E-state index contributed by atoms with van der Waals surface area (Å²) in [4.78, 5) is 17.6. The van der Waals surface area contributed by atoms with E-state index in [1.807, 2.05) is 0 Å². The fourth-order valence-corrected chi connectivity index (χ4v) is 1.28. The largest absolute Gasteiger partial charge is 0.334 e. The number of hydrogen-bond acceptors (Lipinski definition) is 5. The number of rotatable bonds is 4. The number of hydrogen-bond donors (Lipinski definition) is 2. The summed E-state index contributed by atoms with van der Waals surface area (Å²) >= 11 is 0. The Morgan fingerprint density at radius 1 is 1.44 bits per heavy atom. The lowest BCUT2D eigenvalue weighted by atomic mass is 10.3. The SMILES string of the molecule is NCCCc1noc(-c2ccc(=O)[nH]c2)n1. The quantitative estimate of drug-likeness (QED) is 0.773. The van der Waals surface area contributed by atoms with Crippen molar-refractivity contribution in [1.82, 2.24) is 15.1 Å². The van der Waals surface area contributed by atoms with Gasteiger partial charge in [-0.25, -0.2) is 0 Å². The Hall–Kier alpha value is -1.95.